The quantitative estimate of drug-likeness (QED) is 0.810. The summed E-state index contributed by atoms with van der Waals surface area (Å²) in [6.07, 6.45) is 4.10. The Morgan fingerprint density at radius 1 is 0.926 bits per heavy atom. The highest BCUT2D eigenvalue weighted by Gasteiger charge is 2.48. The van der Waals surface area contributed by atoms with Crippen molar-refractivity contribution in [3.63, 3.8) is 0 Å². The summed E-state index contributed by atoms with van der Waals surface area (Å²) < 4.78 is 22.5. The third kappa shape index (κ3) is 2.63. The zero-order valence-electron chi connectivity index (χ0n) is 17.0. The molecule has 0 radical (unpaired) electrons. The number of rotatable bonds is 4. The van der Waals surface area contributed by atoms with Gasteiger partial charge in [0.2, 0.25) is 0 Å². The van der Waals surface area contributed by atoms with Gasteiger partial charge in [0.1, 0.15) is 5.76 Å². The molecule has 2 heterocycles. The predicted octanol–water partition coefficient (Wildman–Crippen LogP) is 3.50. The normalized spacial score (nSPS) is 29.5. The van der Waals surface area contributed by atoms with Crippen molar-refractivity contribution in [2.24, 2.45) is 5.92 Å². The number of benzene rings is 1. The van der Waals surface area contributed by atoms with Gasteiger partial charge in [0.05, 0.1) is 28.4 Å². The summed E-state index contributed by atoms with van der Waals surface area (Å²) in [4.78, 5) is 2.54. The second-order valence-corrected chi connectivity index (χ2v) is 7.71. The molecule has 1 fully saturated rings. The van der Waals surface area contributed by atoms with E-state index in [-0.39, 0.29) is 0 Å². The standard InChI is InChI=1S/C22H29NO4/c1-12-22-14-9-19(25-4)18(24-3)8-13(14)7-17(23(12)2)15-10-20(26-5)21(27-6)11-16(15)22/h8-9,11-12,15,17,22H,7,10H2,1-6H3/t12-,15-,17+,22+/m1/s1. The average Bonchev–Trinajstić information content (AvgIpc) is 2.89. The summed E-state index contributed by atoms with van der Waals surface area (Å²) in [5, 5.41) is 0. The predicted molar refractivity (Wildman–Crippen MR) is 104 cm³/mol. The number of likely N-dealkylation sites (N-methyl/N-ethyl adjacent to an activating group) is 1. The van der Waals surface area contributed by atoms with Crippen molar-refractivity contribution in [1.29, 1.82) is 0 Å². The van der Waals surface area contributed by atoms with E-state index in [1.165, 1.54) is 16.7 Å². The summed E-state index contributed by atoms with van der Waals surface area (Å²) in [6.45, 7) is 2.32. The summed E-state index contributed by atoms with van der Waals surface area (Å²) in [5.41, 5.74) is 4.15. The molecule has 5 rings (SSSR count). The molecule has 0 N–H and O–H groups in total. The molecule has 4 atom stereocenters. The third-order valence-electron chi connectivity index (χ3n) is 6.75. The number of methoxy groups -OCH3 is 4. The second-order valence-electron chi connectivity index (χ2n) is 7.71. The van der Waals surface area contributed by atoms with Crippen LogP contribution in [0.15, 0.2) is 35.3 Å². The molecule has 2 aliphatic carbocycles. The fourth-order valence-corrected chi connectivity index (χ4v) is 5.25. The Bertz CT molecular complexity index is 813. The van der Waals surface area contributed by atoms with Crippen LogP contribution in [0, 0.1) is 5.92 Å². The molecular formula is C22H29NO4. The van der Waals surface area contributed by atoms with E-state index >= 15 is 0 Å². The van der Waals surface area contributed by atoms with Crippen molar-refractivity contribution in [3.05, 3.63) is 46.4 Å². The SMILES string of the molecule is COC1=C(OC)C[C@@H]2C(=C1)[C@@H]1c3cc(OC)c(OC)cc3C[C@@H]2N(C)[C@@H]1C. The average molecular weight is 371 g/mol. The summed E-state index contributed by atoms with van der Waals surface area (Å²) in [6, 6.07) is 5.17. The second kappa shape index (κ2) is 6.79. The molecule has 0 amide bonds. The van der Waals surface area contributed by atoms with Gasteiger partial charge in [0.25, 0.3) is 0 Å². The molecule has 27 heavy (non-hydrogen) atoms. The van der Waals surface area contributed by atoms with Gasteiger partial charge in [-0.25, -0.2) is 0 Å². The van der Waals surface area contributed by atoms with Crippen molar-refractivity contribution in [1.82, 2.24) is 4.90 Å². The van der Waals surface area contributed by atoms with E-state index < -0.39 is 0 Å². The molecule has 0 saturated carbocycles. The van der Waals surface area contributed by atoms with Crippen molar-refractivity contribution < 1.29 is 18.9 Å². The Labute approximate surface area is 161 Å². The van der Waals surface area contributed by atoms with Gasteiger partial charge in [-0.05, 0) is 49.7 Å². The number of piperidine rings is 1. The van der Waals surface area contributed by atoms with Crippen LogP contribution >= 0.6 is 0 Å². The van der Waals surface area contributed by atoms with Crippen LogP contribution in [0.2, 0.25) is 0 Å². The zero-order chi connectivity index (χ0) is 19.3. The molecule has 4 aliphatic rings. The fourth-order valence-electron chi connectivity index (χ4n) is 5.25. The van der Waals surface area contributed by atoms with Crippen LogP contribution in [0.4, 0.5) is 0 Å². The number of fused-ring (bicyclic) bond motifs is 1. The number of nitrogens with zero attached hydrogens (tertiary/aromatic N) is 1. The molecule has 5 heteroatoms. The van der Waals surface area contributed by atoms with E-state index in [1.807, 2.05) is 0 Å². The van der Waals surface area contributed by atoms with Gasteiger partial charge < -0.3 is 18.9 Å². The van der Waals surface area contributed by atoms with Gasteiger partial charge in [-0.15, -0.1) is 0 Å². The first-order chi connectivity index (χ1) is 13.0. The third-order valence-corrected chi connectivity index (χ3v) is 6.75. The lowest BCUT2D eigenvalue weighted by Gasteiger charge is -2.48. The Morgan fingerprint density at radius 3 is 2.26 bits per heavy atom. The van der Waals surface area contributed by atoms with Crippen LogP contribution < -0.4 is 9.47 Å². The van der Waals surface area contributed by atoms with Crippen molar-refractivity contribution >= 4 is 0 Å². The van der Waals surface area contributed by atoms with E-state index in [0.29, 0.717) is 23.9 Å². The Kier molecular flexibility index (Phi) is 4.58. The minimum Gasteiger partial charge on any atom is -0.497 e. The summed E-state index contributed by atoms with van der Waals surface area (Å²) in [7, 11) is 9.11. The molecule has 0 unspecified atom stereocenters. The van der Waals surface area contributed by atoms with Crippen LogP contribution in [0.5, 0.6) is 11.5 Å². The number of hydrogen-bond donors (Lipinski definition) is 0. The van der Waals surface area contributed by atoms with E-state index in [4.69, 9.17) is 18.9 Å². The number of hydrogen-bond acceptors (Lipinski definition) is 5. The molecule has 1 saturated heterocycles. The minimum absolute atomic E-state index is 0.303. The van der Waals surface area contributed by atoms with E-state index in [9.17, 15) is 0 Å². The van der Waals surface area contributed by atoms with Crippen LogP contribution in [0.1, 0.15) is 30.4 Å². The smallest absolute Gasteiger partial charge is 0.161 e. The molecule has 0 aromatic heterocycles. The van der Waals surface area contributed by atoms with E-state index in [2.05, 4.69) is 37.1 Å². The van der Waals surface area contributed by atoms with E-state index in [0.717, 1.165) is 35.9 Å². The molecule has 146 valence electrons. The molecule has 2 aliphatic heterocycles. The Hall–Kier alpha value is -2.14. The maximum absolute atomic E-state index is 5.66. The maximum atomic E-state index is 5.66. The first-order valence-corrected chi connectivity index (χ1v) is 9.53. The first-order valence-electron chi connectivity index (χ1n) is 9.53. The lowest BCUT2D eigenvalue weighted by molar-refractivity contribution is 0.0875. The van der Waals surface area contributed by atoms with Crippen molar-refractivity contribution in [2.75, 3.05) is 35.5 Å². The summed E-state index contributed by atoms with van der Waals surface area (Å²) in [5.74, 6) is 4.13. The fraction of sp³-hybridized carbons (Fsp3) is 0.545. The van der Waals surface area contributed by atoms with Gasteiger partial charge >= 0.3 is 0 Å². The molecule has 5 nitrogen and oxygen atoms in total. The Morgan fingerprint density at radius 2 is 1.63 bits per heavy atom. The van der Waals surface area contributed by atoms with Crippen LogP contribution in [-0.4, -0.2) is 52.5 Å². The highest BCUT2D eigenvalue weighted by Crippen LogP contribution is 2.53. The molecular weight excluding hydrogens is 342 g/mol. The largest absolute Gasteiger partial charge is 0.497 e. The minimum atomic E-state index is 0.303. The first kappa shape index (κ1) is 18.2. The Balaban J connectivity index is 1.91. The van der Waals surface area contributed by atoms with Crippen LogP contribution in [-0.2, 0) is 15.9 Å². The lowest BCUT2D eigenvalue weighted by atomic mass is 9.70. The maximum Gasteiger partial charge on any atom is 0.161 e. The molecule has 0 spiro atoms. The monoisotopic (exact) mass is 371 g/mol. The molecule has 1 aromatic rings. The van der Waals surface area contributed by atoms with E-state index in [1.54, 1.807) is 28.4 Å². The van der Waals surface area contributed by atoms with Crippen molar-refractivity contribution in [3.8, 4) is 11.5 Å². The van der Waals surface area contributed by atoms with Gasteiger partial charge in [0.15, 0.2) is 17.3 Å². The van der Waals surface area contributed by atoms with Crippen molar-refractivity contribution in [2.45, 2.75) is 37.8 Å². The zero-order valence-corrected chi connectivity index (χ0v) is 17.0. The van der Waals surface area contributed by atoms with Crippen LogP contribution in [0.3, 0.4) is 0 Å². The molecule has 2 bridgehead atoms. The molecule has 1 aromatic carbocycles. The van der Waals surface area contributed by atoms with Gasteiger partial charge in [0, 0.05) is 30.3 Å². The topological polar surface area (TPSA) is 40.2 Å². The number of allylic oxidation sites excluding steroid dienone is 2. The lowest BCUT2D eigenvalue weighted by Crippen LogP contribution is -2.52. The van der Waals surface area contributed by atoms with Gasteiger partial charge in [-0.1, -0.05) is 5.57 Å². The van der Waals surface area contributed by atoms with Gasteiger partial charge in [-0.2, -0.15) is 0 Å². The van der Waals surface area contributed by atoms with Gasteiger partial charge in [-0.3, -0.25) is 4.90 Å². The number of ether oxygens (including phenoxy) is 4. The van der Waals surface area contributed by atoms with Crippen LogP contribution in [0.25, 0.3) is 0 Å². The highest BCUT2D eigenvalue weighted by atomic mass is 16.5. The highest BCUT2D eigenvalue weighted by molar-refractivity contribution is 5.55. The summed E-state index contributed by atoms with van der Waals surface area (Å²) >= 11 is 0.